The fraction of sp³-hybridized carbons (Fsp3) is 0.517. The number of alkyl halides is 2. The van der Waals surface area contributed by atoms with E-state index in [9.17, 15) is 17.2 Å². The summed E-state index contributed by atoms with van der Waals surface area (Å²) in [5.74, 6) is 2.99. The zero-order chi connectivity index (χ0) is 31.9. The summed E-state index contributed by atoms with van der Waals surface area (Å²) in [5.41, 5.74) is 0.832. The minimum Gasteiger partial charge on any atom is -0.497 e. The van der Waals surface area contributed by atoms with Crippen molar-refractivity contribution in [3.8, 4) is 16.6 Å². The number of aromatic nitrogens is 5. The molecule has 1 saturated carbocycles. The molecule has 11 nitrogen and oxygen atoms in total. The predicted octanol–water partition coefficient (Wildman–Crippen LogP) is 5.36. The predicted molar refractivity (Wildman–Crippen MR) is 171 cm³/mol. The van der Waals surface area contributed by atoms with E-state index in [0.29, 0.717) is 36.1 Å². The first-order chi connectivity index (χ1) is 21.5. The standard InChI is InChI=1S/C29H36F2N8O3S3/c1-19(2)18-43-37-13-11-36(12-14-37)25-22-15-32-26(28-35-34-27(44-28)24(30)31)38(22)17-23(33-25)45(40,41)39(29(3)9-10-29)16-20-5-7-21(42-4)8-6-20/h5-8,15,17,19,24H,9-14,16,18H2,1-4H3. The van der Waals surface area contributed by atoms with Gasteiger partial charge in [-0.15, -0.1) is 10.2 Å². The number of benzene rings is 1. The molecule has 1 aliphatic carbocycles. The van der Waals surface area contributed by atoms with Crippen molar-refractivity contribution in [3.05, 3.63) is 47.2 Å². The van der Waals surface area contributed by atoms with Crippen molar-refractivity contribution in [2.24, 2.45) is 5.92 Å². The Kier molecular flexibility index (Phi) is 9.04. The smallest absolute Gasteiger partial charge is 0.291 e. The number of nitrogens with zero attached hydrogens (tertiary/aromatic N) is 8. The first-order valence-corrected chi connectivity index (χ1v) is 18.0. The molecule has 0 spiro atoms. The summed E-state index contributed by atoms with van der Waals surface area (Å²) in [4.78, 5) is 11.4. The van der Waals surface area contributed by atoms with Crippen LogP contribution in [0.3, 0.4) is 0 Å². The van der Waals surface area contributed by atoms with Gasteiger partial charge in [0.2, 0.25) is 0 Å². The van der Waals surface area contributed by atoms with Gasteiger partial charge < -0.3 is 9.64 Å². The van der Waals surface area contributed by atoms with Crippen molar-refractivity contribution >= 4 is 44.6 Å². The molecular weight excluding hydrogens is 643 g/mol. The Balaban J connectivity index is 1.41. The molecule has 1 aliphatic heterocycles. The highest BCUT2D eigenvalue weighted by atomic mass is 32.2. The Labute approximate surface area is 269 Å². The Bertz CT molecular complexity index is 1750. The number of sulfonamides is 1. The number of methoxy groups -OCH3 is 1. The van der Waals surface area contributed by atoms with Crippen molar-refractivity contribution in [2.75, 3.05) is 43.9 Å². The van der Waals surface area contributed by atoms with E-state index in [4.69, 9.17) is 9.72 Å². The molecule has 6 rings (SSSR count). The van der Waals surface area contributed by atoms with Gasteiger partial charge in [-0.25, -0.2) is 31.5 Å². The van der Waals surface area contributed by atoms with Crippen molar-refractivity contribution in [2.45, 2.75) is 57.1 Å². The Morgan fingerprint density at radius 1 is 1.11 bits per heavy atom. The second-order valence-corrected chi connectivity index (χ2v) is 15.9. The summed E-state index contributed by atoms with van der Waals surface area (Å²) in [5, 5.41) is 7.19. The maximum absolute atomic E-state index is 14.5. The lowest BCUT2D eigenvalue weighted by Gasteiger charge is -2.35. The minimum atomic E-state index is -4.13. The quantitative estimate of drug-likeness (QED) is 0.182. The summed E-state index contributed by atoms with van der Waals surface area (Å²) in [6.45, 7) is 9.31. The van der Waals surface area contributed by atoms with Gasteiger partial charge in [0, 0.05) is 44.0 Å². The molecule has 4 aromatic rings. The number of ether oxygens (including phenoxy) is 1. The summed E-state index contributed by atoms with van der Waals surface area (Å²) >= 11 is 2.55. The third kappa shape index (κ3) is 6.66. The van der Waals surface area contributed by atoms with Crippen LogP contribution in [0.15, 0.2) is 41.7 Å². The van der Waals surface area contributed by atoms with Crippen LogP contribution in [0.2, 0.25) is 0 Å². The minimum absolute atomic E-state index is 0.138. The van der Waals surface area contributed by atoms with Crippen LogP contribution in [0.1, 0.15) is 50.6 Å². The maximum atomic E-state index is 14.5. The molecule has 16 heteroatoms. The molecule has 2 fully saturated rings. The molecule has 2 aliphatic rings. The molecule has 0 N–H and O–H groups in total. The average molecular weight is 679 g/mol. The monoisotopic (exact) mass is 678 g/mol. The summed E-state index contributed by atoms with van der Waals surface area (Å²) in [6.07, 6.45) is 1.71. The molecule has 0 atom stereocenters. The van der Waals surface area contributed by atoms with Crippen LogP contribution >= 0.6 is 23.3 Å². The van der Waals surface area contributed by atoms with Crippen LogP contribution in [-0.2, 0) is 16.6 Å². The van der Waals surface area contributed by atoms with Crippen molar-refractivity contribution < 1.29 is 21.9 Å². The van der Waals surface area contributed by atoms with Gasteiger partial charge in [0.05, 0.1) is 19.5 Å². The lowest BCUT2D eigenvalue weighted by atomic mass is 10.2. The second-order valence-electron chi connectivity index (χ2n) is 11.9. The second kappa shape index (κ2) is 12.7. The van der Waals surface area contributed by atoms with Crippen molar-refractivity contribution in [3.63, 3.8) is 0 Å². The first-order valence-electron chi connectivity index (χ1n) is 14.8. The highest BCUT2D eigenvalue weighted by molar-refractivity contribution is 7.97. The number of fused-ring (bicyclic) bond motifs is 1. The molecule has 45 heavy (non-hydrogen) atoms. The highest BCUT2D eigenvalue weighted by Crippen LogP contribution is 2.45. The average Bonchev–Trinajstić information content (AvgIpc) is 3.39. The van der Waals surface area contributed by atoms with E-state index in [-0.39, 0.29) is 22.4 Å². The van der Waals surface area contributed by atoms with Crippen LogP contribution < -0.4 is 9.64 Å². The molecule has 3 aromatic heterocycles. The Morgan fingerprint density at radius 2 is 1.82 bits per heavy atom. The zero-order valence-electron chi connectivity index (χ0n) is 25.6. The zero-order valence-corrected chi connectivity index (χ0v) is 28.0. The molecule has 0 amide bonds. The summed E-state index contributed by atoms with van der Waals surface area (Å²) in [7, 11) is -2.54. The lowest BCUT2D eigenvalue weighted by molar-refractivity contribution is 0.150. The van der Waals surface area contributed by atoms with Crippen molar-refractivity contribution in [1.29, 1.82) is 0 Å². The topological polar surface area (TPSA) is 109 Å². The van der Waals surface area contributed by atoms with Gasteiger partial charge in [-0.2, -0.15) is 4.31 Å². The van der Waals surface area contributed by atoms with E-state index in [0.717, 1.165) is 48.6 Å². The number of hydrogen-bond donors (Lipinski definition) is 0. The molecule has 1 saturated heterocycles. The van der Waals surface area contributed by atoms with Gasteiger partial charge in [0.25, 0.3) is 16.4 Å². The van der Waals surface area contributed by atoms with E-state index in [1.807, 2.05) is 43.1 Å². The van der Waals surface area contributed by atoms with Gasteiger partial charge >= 0.3 is 0 Å². The molecule has 0 unspecified atom stereocenters. The SMILES string of the molecule is COc1ccc(CN(C2(C)CC2)S(=O)(=O)c2cn3c(-c4nnc(C(F)F)s4)ncc3c(N3CCN(SCC(C)C)CC3)n2)cc1. The van der Waals surface area contributed by atoms with Gasteiger partial charge in [-0.3, -0.25) is 4.40 Å². The van der Waals surface area contributed by atoms with E-state index in [1.54, 1.807) is 17.7 Å². The molecule has 0 radical (unpaired) electrons. The van der Waals surface area contributed by atoms with Crippen LogP contribution in [0.25, 0.3) is 16.3 Å². The van der Waals surface area contributed by atoms with Gasteiger partial charge in [0.1, 0.15) is 11.3 Å². The molecule has 4 heterocycles. The van der Waals surface area contributed by atoms with Gasteiger partial charge in [-0.1, -0.05) is 49.3 Å². The highest BCUT2D eigenvalue weighted by Gasteiger charge is 2.50. The number of piperazine rings is 1. The molecule has 0 bridgehead atoms. The number of imidazole rings is 1. The lowest BCUT2D eigenvalue weighted by Crippen LogP contribution is -2.44. The van der Waals surface area contributed by atoms with E-state index >= 15 is 0 Å². The number of hydrogen-bond acceptors (Lipinski definition) is 11. The fourth-order valence-electron chi connectivity index (χ4n) is 5.18. The van der Waals surface area contributed by atoms with E-state index in [2.05, 4.69) is 38.2 Å². The first kappa shape index (κ1) is 32.0. The van der Waals surface area contributed by atoms with Crippen LogP contribution in [0.4, 0.5) is 14.6 Å². The normalized spacial score (nSPS) is 17.2. The Hall–Kier alpha value is -2.92. The van der Waals surface area contributed by atoms with Crippen LogP contribution in [0.5, 0.6) is 5.75 Å². The summed E-state index contributed by atoms with van der Waals surface area (Å²) in [6, 6.07) is 7.33. The Morgan fingerprint density at radius 3 is 2.42 bits per heavy atom. The molecule has 1 aromatic carbocycles. The van der Waals surface area contributed by atoms with E-state index in [1.165, 1.54) is 10.5 Å². The van der Waals surface area contributed by atoms with Crippen molar-refractivity contribution in [1.82, 2.24) is 33.2 Å². The summed E-state index contributed by atoms with van der Waals surface area (Å²) < 4.78 is 66.6. The number of rotatable bonds is 12. The third-order valence-corrected chi connectivity index (χ3v) is 12.4. The molecular formula is C29H36F2N8O3S3. The third-order valence-electron chi connectivity index (χ3n) is 8.04. The largest absolute Gasteiger partial charge is 0.497 e. The van der Waals surface area contributed by atoms with Gasteiger partial charge in [-0.05, 0) is 43.4 Å². The fourth-order valence-corrected chi connectivity index (χ4v) is 8.55. The number of anilines is 1. The van der Waals surface area contributed by atoms with E-state index < -0.39 is 27.0 Å². The maximum Gasteiger partial charge on any atom is 0.291 e. The number of halogens is 2. The molecule has 242 valence electrons. The van der Waals surface area contributed by atoms with Crippen LogP contribution in [0, 0.1) is 5.92 Å². The van der Waals surface area contributed by atoms with Crippen LogP contribution in [-0.4, -0.2) is 86.2 Å². The van der Waals surface area contributed by atoms with Gasteiger partial charge in [0.15, 0.2) is 26.7 Å².